The van der Waals surface area contributed by atoms with E-state index in [0.29, 0.717) is 17.5 Å². The van der Waals surface area contributed by atoms with Crippen LogP contribution in [0.1, 0.15) is 34.5 Å². The standard InChI is InChI=1S/C14H18N4O2S/c1-8-5-11(18-20-8)17-12(19)7-15-13(10-3-4-10)14-16-6-9(2)21-14/h5-6,10,13,15H,3-4,7H2,1-2H3,(H,17,18,19). The molecule has 6 nitrogen and oxygen atoms in total. The van der Waals surface area contributed by atoms with Crippen LogP contribution < -0.4 is 10.6 Å². The van der Waals surface area contributed by atoms with Gasteiger partial charge in [-0.15, -0.1) is 11.3 Å². The summed E-state index contributed by atoms with van der Waals surface area (Å²) in [6.07, 6.45) is 4.27. The summed E-state index contributed by atoms with van der Waals surface area (Å²) < 4.78 is 4.92. The molecule has 112 valence electrons. The fourth-order valence-electron chi connectivity index (χ4n) is 2.22. The number of thiazole rings is 1. The molecule has 1 unspecified atom stereocenters. The first kappa shape index (κ1) is 14.2. The fourth-order valence-corrected chi connectivity index (χ4v) is 3.16. The lowest BCUT2D eigenvalue weighted by atomic mass is 10.2. The quantitative estimate of drug-likeness (QED) is 0.857. The van der Waals surface area contributed by atoms with E-state index in [1.807, 2.05) is 13.1 Å². The Balaban J connectivity index is 1.56. The third kappa shape index (κ3) is 3.68. The van der Waals surface area contributed by atoms with Gasteiger partial charge in [0.05, 0.1) is 12.6 Å². The maximum Gasteiger partial charge on any atom is 0.239 e. The SMILES string of the molecule is Cc1cc(NC(=O)CNC(c2ncc(C)s2)C2CC2)no1. The van der Waals surface area contributed by atoms with Crippen LogP contribution in [0.4, 0.5) is 5.82 Å². The van der Waals surface area contributed by atoms with Gasteiger partial charge in [-0.05, 0) is 32.6 Å². The van der Waals surface area contributed by atoms with E-state index in [1.165, 1.54) is 17.7 Å². The van der Waals surface area contributed by atoms with Crippen molar-refractivity contribution in [3.63, 3.8) is 0 Å². The lowest BCUT2D eigenvalue weighted by Crippen LogP contribution is -2.32. The lowest BCUT2D eigenvalue weighted by Gasteiger charge is -2.15. The summed E-state index contributed by atoms with van der Waals surface area (Å²) in [5.74, 6) is 1.60. The second-order valence-electron chi connectivity index (χ2n) is 5.38. The molecule has 1 aliphatic rings. The average Bonchev–Trinajstić information content (AvgIpc) is 3.06. The Morgan fingerprint density at radius 3 is 2.90 bits per heavy atom. The molecule has 2 heterocycles. The van der Waals surface area contributed by atoms with Crippen LogP contribution in [0.3, 0.4) is 0 Å². The van der Waals surface area contributed by atoms with Crippen LogP contribution in [0, 0.1) is 19.8 Å². The van der Waals surface area contributed by atoms with Gasteiger partial charge in [-0.2, -0.15) is 0 Å². The van der Waals surface area contributed by atoms with Crippen molar-refractivity contribution in [3.05, 3.63) is 27.9 Å². The summed E-state index contributed by atoms with van der Waals surface area (Å²) in [6.45, 7) is 4.07. The molecule has 3 rings (SSSR count). The van der Waals surface area contributed by atoms with Crippen LogP contribution in [0.15, 0.2) is 16.8 Å². The summed E-state index contributed by atoms with van der Waals surface area (Å²) in [4.78, 5) is 17.6. The minimum Gasteiger partial charge on any atom is -0.360 e. The molecule has 1 saturated carbocycles. The van der Waals surface area contributed by atoms with Crippen LogP contribution in [0.2, 0.25) is 0 Å². The maximum absolute atomic E-state index is 11.9. The molecular formula is C14H18N4O2S. The van der Waals surface area contributed by atoms with Gasteiger partial charge < -0.3 is 9.84 Å². The zero-order valence-corrected chi connectivity index (χ0v) is 12.9. The normalized spacial score (nSPS) is 15.9. The first-order chi connectivity index (χ1) is 10.1. The van der Waals surface area contributed by atoms with Crippen molar-refractivity contribution in [3.8, 4) is 0 Å². The van der Waals surface area contributed by atoms with E-state index in [2.05, 4.69) is 20.8 Å². The third-order valence-electron chi connectivity index (χ3n) is 3.38. The van der Waals surface area contributed by atoms with Crippen molar-refractivity contribution in [2.75, 3.05) is 11.9 Å². The number of amides is 1. The van der Waals surface area contributed by atoms with Gasteiger partial charge in [-0.25, -0.2) is 4.98 Å². The largest absolute Gasteiger partial charge is 0.360 e. The maximum atomic E-state index is 11.9. The molecule has 0 saturated heterocycles. The van der Waals surface area contributed by atoms with Crippen molar-refractivity contribution in [2.24, 2.45) is 5.92 Å². The molecule has 1 fully saturated rings. The first-order valence-electron chi connectivity index (χ1n) is 7.00. The number of aromatic nitrogens is 2. The van der Waals surface area contributed by atoms with Crippen molar-refractivity contribution >= 4 is 23.1 Å². The van der Waals surface area contributed by atoms with Gasteiger partial charge in [0.25, 0.3) is 0 Å². The van der Waals surface area contributed by atoms with Crippen LogP contribution in [-0.2, 0) is 4.79 Å². The van der Waals surface area contributed by atoms with Gasteiger partial charge in [0.1, 0.15) is 10.8 Å². The molecule has 0 spiro atoms. The van der Waals surface area contributed by atoms with E-state index in [0.717, 1.165) is 5.01 Å². The predicted octanol–water partition coefficient (Wildman–Crippen LogP) is 2.43. The van der Waals surface area contributed by atoms with Crippen molar-refractivity contribution < 1.29 is 9.32 Å². The Hall–Kier alpha value is -1.73. The Bertz CT molecular complexity index is 632. The van der Waals surface area contributed by atoms with Gasteiger partial charge >= 0.3 is 0 Å². The smallest absolute Gasteiger partial charge is 0.239 e. The molecule has 7 heteroatoms. The molecule has 2 N–H and O–H groups in total. The monoisotopic (exact) mass is 306 g/mol. The third-order valence-corrected chi connectivity index (χ3v) is 4.37. The minimum atomic E-state index is -0.123. The second kappa shape index (κ2) is 5.95. The van der Waals surface area contributed by atoms with Crippen molar-refractivity contribution in [2.45, 2.75) is 32.7 Å². The number of rotatable bonds is 6. The Morgan fingerprint density at radius 2 is 2.33 bits per heavy atom. The highest BCUT2D eigenvalue weighted by atomic mass is 32.1. The summed E-state index contributed by atoms with van der Waals surface area (Å²) >= 11 is 1.69. The minimum absolute atomic E-state index is 0.123. The highest BCUT2D eigenvalue weighted by Gasteiger charge is 2.34. The number of hydrogen-bond acceptors (Lipinski definition) is 6. The van der Waals surface area contributed by atoms with Gasteiger partial charge in [-0.3, -0.25) is 10.1 Å². The van der Waals surface area contributed by atoms with E-state index >= 15 is 0 Å². The molecule has 1 atom stereocenters. The fraction of sp³-hybridized carbons (Fsp3) is 0.500. The molecule has 0 aromatic carbocycles. The number of carbonyl (C=O) groups excluding carboxylic acids is 1. The van der Waals surface area contributed by atoms with E-state index < -0.39 is 0 Å². The second-order valence-corrected chi connectivity index (χ2v) is 6.64. The van der Waals surface area contributed by atoms with E-state index in [1.54, 1.807) is 24.3 Å². The number of nitrogens with one attached hydrogen (secondary N) is 2. The molecule has 0 radical (unpaired) electrons. The molecule has 0 aliphatic heterocycles. The van der Waals surface area contributed by atoms with Crippen LogP contribution in [0.5, 0.6) is 0 Å². The summed E-state index contributed by atoms with van der Waals surface area (Å²) in [6, 6.07) is 1.87. The molecule has 0 bridgehead atoms. The zero-order valence-electron chi connectivity index (χ0n) is 12.0. The van der Waals surface area contributed by atoms with Gasteiger partial charge in [0, 0.05) is 17.1 Å². The first-order valence-corrected chi connectivity index (χ1v) is 7.82. The highest BCUT2D eigenvalue weighted by molar-refractivity contribution is 7.11. The van der Waals surface area contributed by atoms with Crippen LogP contribution >= 0.6 is 11.3 Å². The zero-order chi connectivity index (χ0) is 14.8. The molecule has 2 aromatic heterocycles. The van der Waals surface area contributed by atoms with Gasteiger partial charge in [0.2, 0.25) is 5.91 Å². The predicted molar refractivity (Wildman–Crippen MR) is 80.2 cm³/mol. The molecule has 1 aliphatic carbocycles. The van der Waals surface area contributed by atoms with Crippen molar-refractivity contribution in [1.82, 2.24) is 15.5 Å². The lowest BCUT2D eigenvalue weighted by molar-refractivity contribution is -0.115. The molecule has 21 heavy (non-hydrogen) atoms. The number of nitrogens with zero attached hydrogens (tertiary/aromatic N) is 2. The molecular weight excluding hydrogens is 288 g/mol. The van der Waals surface area contributed by atoms with Crippen LogP contribution in [-0.4, -0.2) is 22.6 Å². The number of carbonyl (C=O) groups is 1. The van der Waals surface area contributed by atoms with Gasteiger partial charge in [-0.1, -0.05) is 5.16 Å². The van der Waals surface area contributed by atoms with E-state index in [9.17, 15) is 4.79 Å². The summed E-state index contributed by atoms with van der Waals surface area (Å²) in [7, 11) is 0. The number of aryl methyl sites for hydroxylation is 2. The average molecular weight is 306 g/mol. The number of hydrogen-bond donors (Lipinski definition) is 2. The summed E-state index contributed by atoms with van der Waals surface area (Å²) in [5.41, 5.74) is 0. The van der Waals surface area contributed by atoms with E-state index in [-0.39, 0.29) is 18.5 Å². The topological polar surface area (TPSA) is 80.0 Å². The number of anilines is 1. The Kier molecular flexibility index (Phi) is 4.03. The Labute approximate surface area is 126 Å². The molecule has 2 aromatic rings. The van der Waals surface area contributed by atoms with Gasteiger partial charge in [0.15, 0.2) is 5.82 Å². The van der Waals surface area contributed by atoms with E-state index in [4.69, 9.17) is 4.52 Å². The molecule has 1 amide bonds. The Morgan fingerprint density at radius 1 is 1.52 bits per heavy atom. The highest BCUT2D eigenvalue weighted by Crippen LogP contribution is 2.41. The van der Waals surface area contributed by atoms with Crippen LogP contribution in [0.25, 0.3) is 0 Å². The van der Waals surface area contributed by atoms with Crippen molar-refractivity contribution in [1.29, 1.82) is 0 Å². The summed E-state index contributed by atoms with van der Waals surface area (Å²) in [5, 5.41) is 10.8.